The van der Waals surface area contributed by atoms with Gasteiger partial charge in [0.2, 0.25) is 0 Å². The molecule has 0 atom stereocenters. The highest BCUT2D eigenvalue weighted by Gasteiger charge is 2.05. The van der Waals surface area contributed by atoms with Crippen molar-refractivity contribution in [3.05, 3.63) is 70.3 Å². The van der Waals surface area contributed by atoms with Gasteiger partial charge in [0.25, 0.3) is 0 Å². The number of benzene rings is 2. The van der Waals surface area contributed by atoms with Crippen molar-refractivity contribution in [2.45, 2.75) is 46.5 Å². The topological polar surface area (TPSA) is 0 Å². The molecule has 2 aromatic rings. The Labute approximate surface area is 117 Å². The van der Waals surface area contributed by atoms with Gasteiger partial charge < -0.3 is 0 Å². The largest absolute Gasteiger partial charge is 0.0620 e. The molecular formula is C19H24. The zero-order chi connectivity index (χ0) is 13.7. The number of rotatable bonds is 0. The average Bonchev–Trinajstić information content (AvgIpc) is 2.44. The molecule has 100 valence electrons. The van der Waals surface area contributed by atoms with Crippen LogP contribution in [0.3, 0.4) is 0 Å². The third kappa shape index (κ3) is 3.96. The molecule has 2 aromatic carbocycles. The van der Waals surface area contributed by atoms with Gasteiger partial charge in [-0.3, -0.25) is 0 Å². The van der Waals surface area contributed by atoms with Crippen LogP contribution in [-0.4, -0.2) is 0 Å². The summed E-state index contributed by atoms with van der Waals surface area (Å²) in [7, 11) is 0. The Morgan fingerprint density at radius 1 is 0.684 bits per heavy atom. The van der Waals surface area contributed by atoms with Gasteiger partial charge in [0.05, 0.1) is 0 Å². The van der Waals surface area contributed by atoms with Gasteiger partial charge in [-0.2, -0.15) is 0 Å². The van der Waals surface area contributed by atoms with Gasteiger partial charge >= 0.3 is 0 Å². The first-order valence-corrected chi connectivity index (χ1v) is 7.27. The minimum absolute atomic E-state index is 1.30. The zero-order valence-electron chi connectivity index (χ0n) is 12.4. The second-order valence-electron chi connectivity index (χ2n) is 5.56. The lowest BCUT2D eigenvalue weighted by molar-refractivity contribution is 0.685. The molecule has 0 bridgehead atoms. The van der Waals surface area contributed by atoms with Crippen LogP contribution in [0.4, 0.5) is 0 Å². The second kappa shape index (κ2) is 6.56. The number of fused-ring (bicyclic) bond motifs is 1. The zero-order valence-corrected chi connectivity index (χ0v) is 12.4. The quantitative estimate of drug-likeness (QED) is 0.606. The molecule has 0 heteroatoms. The lowest BCUT2D eigenvalue weighted by Crippen LogP contribution is -2.00. The standard InChI is InChI=1S/C10H12.C9H12/c1-2-6-10-8-4-3-7-9(10)5-1;1-7-4-5-8(2)9(3)6-7/h1-2,5-6H,3-4,7-8H2;4-6H,1-3H3. The molecule has 1 aliphatic carbocycles. The molecule has 0 heterocycles. The normalized spacial score (nSPS) is 13.2. The van der Waals surface area contributed by atoms with Gasteiger partial charge in [-0.25, -0.2) is 0 Å². The maximum absolute atomic E-state index is 2.26. The molecule has 0 spiro atoms. The summed E-state index contributed by atoms with van der Waals surface area (Å²) in [6.07, 6.45) is 5.38. The predicted octanol–water partition coefficient (Wildman–Crippen LogP) is 5.18. The Balaban J connectivity index is 0.000000141. The molecule has 1 aliphatic rings. The van der Waals surface area contributed by atoms with Gasteiger partial charge in [0.1, 0.15) is 0 Å². The summed E-state index contributed by atoms with van der Waals surface area (Å²) < 4.78 is 0. The third-order valence-corrected chi connectivity index (χ3v) is 3.92. The molecule has 0 saturated heterocycles. The SMILES string of the molecule is Cc1ccc(C)c(C)c1.c1ccc2c(c1)CCCC2. The van der Waals surface area contributed by atoms with E-state index in [4.69, 9.17) is 0 Å². The van der Waals surface area contributed by atoms with E-state index in [1.165, 1.54) is 42.4 Å². The van der Waals surface area contributed by atoms with Crippen LogP contribution in [0.15, 0.2) is 42.5 Å². The summed E-state index contributed by atoms with van der Waals surface area (Å²) in [5.41, 5.74) is 7.26. The van der Waals surface area contributed by atoms with Crippen LogP contribution in [0.5, 0.6) is 0 Å². The van der Waals surface area contributed by atoms with Crippen LogP contribution in [0.1, 0.15) is 40.7 Å². The first-order valence-electron chi connectivity index (χ1n) is 7.27. The number of aryl methyl sites for hydroxylation is 5. The summed E-state index contributed by atoms with van der Waals surface area (Å²) in [5, 5.41) is 0. The van der Waals surface area contributed by atoms with Crippen molar-refractivity contribution in [1.82, 2.24) is 0 Å². The summed E-state index contributed by atoms with van der Waals surface area (Å²) in [6, 6.07) is 15.3. The van der Waals surface area contributed by atoms with Crippen LogP contribution >= 0.6 is 0 Å². The van der Waals surface area contributed by atoms with E-state index in [0.717, 1.165) is 0 Å². The minimum Gasteiger partial charge on any atom is -0.0620 e. The van der Waals surface area contributed by atoms with E-state index >= 15 is 0 Å². The van der Waals surface area contributed by atoms with E-state index in [1.54, 1.807) is 11.1 Å². The maximum Gasteiger partial charge on any atom is -0.0276 e. The molecule has 0 amide bonds. The molecule has 0 aliphatic heterocycles. The van der Waals surface area contributed by atoms with Crippen molar-refractivity contribution in [1.29, 1.82) is 0 Å². The average molecular weight is 252 g/mol. The van der Waals surface area contributed by atoms with Crippen molar-refractivity contribution in [2.75, 3.05) is 0 Å². The van der Waals surface area contributed by atoms with Gasteiger partial charge in [0, 0.05) is 0 Å². The van der Waals surface area contributed by atoms with Gasteiger partial charge in [-0.05, 0) is 68.7 Å². The molecular weight excluding hydrogens is 228 g/mol. The first kappa shape index (κ1) is 13.9. The Kier molecular flexibility index (Phi) is 4.79. The van der Waals surface area contributed by atoms with E-state index < -0.39 is 0 Å². The van der Waals surface area contributed by atoms with Crippen LogP contribution < -0.4 is 0 Å². The highest BCUT2D eigenvalue weighted by molar-refractivity contribution is 5.29. The second-order valence-corrected chi connectivity index (χ2v) is 5.56. The van der Waals surface area contributed by atoms with Crippen molar-refractivity contribution in [2.24, 2.45) is 0 Å². The van der Waals surface area contributed by atoms with Crippen LogP contribution in [-0.2, 0) is 12.8 Å². The van der Waals surface area contributed by atoms with Crippen molar-refractivity contribution in [3.8, 4) is 0 Å². The molecule has 0 aromatic heterocycles. The van der Waals surface area contributed by atoms with E-state index in [2.05, 4.69) is 63.2 Å². The smallest absolute Gasteiger partial charge is 0.0276 e. The summed E-state index contributed by atoms with van der Waals surface area (Å²) in [5.74, 6) is 0. The lowest BCUT2D eigenvalue weighted by atomic mass is 9.92. The molecule has 0 unspecified atom stereocenters. The summed E-state index contributed by atoms with van der Waals surface area (Å²) >= 11 is 0. The third-order valence-electron chi connectivity index (χ3n) is 3.92. The first-order chi connectivity index (χ1) is 9.16. The Morgan fingerprint density at radius 3 is 1.74 bits per heavy atom. The van der Waals surface area contributed by atoms with Gasteiger partial charge in [-0.1, -0.05) is 48.0 Å². The number of hydrogen-bond acceptors (Lipinski definition) is 0. The monoisotopic (exact) mass is 252 g/mol. The Morgan fingerprint density at radius 2 is 1.26 bits per heavy atom. The maximum atomic E-state index is 2.26. The summed E-state index contributed by atoms with van der Waals surface area (Å²) in [4.78, 5) is 0. The van der Waals surface area contributed by atoms with Crippen molar-refractivity contribution in [3.63, 3.8) is 0 Å². The van der Waals surface area contributed by atoms with Crippen molar-refractivity contribution >= 4 is 0 Å². The molecule has 3 rings (SSSR count). The summed E-state index contributed by atoms with van der Waals surface area (Å²) in [6.45, 7) is 6.39. The fourth-order valence-corrected chi connectivity index (χ4v) is 2.57. The Hall–Kier alpha value is -1.56. The molecule has 0 N–H and O–H groups in total. The van der Waals surface area contributed by atoms with Gasteiger partial charge in [0.15, 0.2) is 0 Å². The van der Waals surface area contributed by atoms with E-state index in [9.17, 15) is 0 Å². The Bertz CT molecular complexity index is 512. The number of hydrogen-bond donors (Lipinski definition) is 0. The highest BCUT2D eigenvalue weighted by Crippen LogP contribution is 2.19. The van der Waals surface area contributed by atoms with Crippen molar-refractivity contribution < 1.29 is 0 Å². The van der Waals surface area contributed by atoms with E-state index in [1.807, 2.05) is 0 Å². The van der Waals surface area contributed by atoms with E-state index in [-0.39, 0.29) is 0 Å². The molecule has 19 heavy (non-hydrogen) atoms. The fourth-order valence-electron chi connectivity index (χ4n) is 2.57. The molecule has 0 radical (unpaired) electrons. The lowest BCUT2D eigenvalue weighted by Gasteiger charge is -2.13. The fraction of sp³-hybridized carbons (Fsp3) is 0.368. The molecule has 0 fully saturated rings. The highest BCUT2D eigenvalue weighted by atomic mass is 14.1. The van der Waals surface area contributed by atoms with Crippen LogP contribution in [0.25, 0.3) is 0 Å². The molecule has 0 nitrogen and oxygen atoms in total. The predicted molar refractivity (Wildman–Crippen MR) is 83.7 cm³/mol. The van der Waals surface area contributed by atoms with Crippen LogP contribution in [0, 0.1) is 20.8 Å². The van der Waals surface area contributed by atoms with E-state index in [0.29, 0.717) is 0 Å². The van der Waals surface area contributed by atoms with Crippen LogP contribution in [0.2, 0.25) is 0 Å². The minimum atomic E-state index is 1.30. The molecule has 0 saturated carbocycles. The van der Waals surface area contributed by atoms with Gasteiger partial charge in [-0.15, -0.1) is 0 Å².